The van der Waals surface area contributed by atoms with Gasteiger partial charge in [-0.3, -0.25) is 4.98 Å². The molecule has 4 nitrogen and oxygen atoms in total. The van der Waals surface area contributed by atoms with E-state index < -0.39 is 5.97 Å². The fourth-order valence-corrected chi connectivity index (χ4v) is 3.49. The van der Waals surface area contributed by atoms with E-state index in [0.717, 1.165) is 6.42 Å². The lowest BCUT2D eigenvalue weighted by molar-refractivity contribution is -0.0708. The third-order valence-corrected chi connectivity index (χ3v) is 4.72. The van der Waals surface area contributed by atoms with Crippen molar-refractivity contribution >= 4 is 5.97 Å². The monoisotopic (exact) mass is 261 g/mol. The molecule has 0 aromatic carbocycles. The maximum Gasteiger partial charge on any atom is 0.339 e. The standard InChI is InChI=1S/C15H19NO3/c17-14(18)11-5-9-16-10-12(11)19-13-4-8-15(13)6-2-1-3-7-15/h5,9-10,13H,1-4,6-8H2,(H,17,18). The maximum absolute atomic E-state index is 11.2. The Labute approximate surface area is 112 Å². The van der Waals surface area contributed by atoms with Gasteiger partial charge < -0.3 is 9.84 Å². The van der Waals surface area contributed by atoms with E-state index in [2.05, 4.69) is 4.98 Å². The molecule has 4 heteroatoms. The third kappa shape index (κ3) is 2.20. The lowest BCUT2D eigenvalue weighted by Gasteiger charge is -2.51. The van der Waals surface area contributed by atoms with Gasteiger partial charge in [0.1, 0.15) is 11.7 Å². The number of rotatable bonds is 3. The van der Waals surface area contributed by atoms with Gasteiger partial charge in [-0.1, -0.05) is 19.3 Å². The number of ether oxygens (including phenoxy) is 1. The topological polar surface area (TPSA) is 59.4 Å². The third-order valence-electron chi connectivity index (χ3n) is 4.72. The second-order valence-electron chi connectivity index (χ2n) is 5.75. The Bertz CT molecular complexity index is 480. The highest BCUT2D eigenvalue weighted by molar-refractivity contribution is 5.90. The van der Waals surface area contributed by atoms with E-state index in [1.165, 1.54) is 57.0 Å². The van der Waals surface area contributed by atoms with E-state index in [4.69, 9.17) is 9.84 Å². The summed E-state index contributed by atoms with van der Waals surface area (Å²) in [5.41, 5.74) is 0.525. The van der Waals surface area contributed by atoms with Crippen molar-refractivity contribution in [1.82, 2.24) is 4.98 Å². The highest BCUT2D eigenvalue weighted by Gasteiger charge is 2.48. The molecule has 102 valence electrons. The van der Waals surface area contributed by atoms with Gasteiger partial charge in [-0.2, -0.15) is 0 Å². The van der Waals surface area contributed by atoms with Gasteiger partial charge in [-0.25, -0.2) is 4.79 Å². The van der Waals surface area contributed by atoms with Crippen molar-refractivity contribution in [2.24, 2.45) is 5.41 Å². The first-order valence-electron chi connectivity index (χ1n) is 7.05. The van der Waals surface area contributed by atoms with E-state index >= 15 is 0 Å². The van der Waals surface area contributed by atoms with Crippen LogP contribution in [0.3, 0.4) is 0 Å². The number of carboxylic acids is 1. The van der Waals surface area contributed by atoms with Gasteiger partial charge in [0.25, 0.3) is 0 Å². The average Bonchev–Trinajstić information content (AvgIpc) is 2.45. The van der Waals surface area contributed by atoms with Crippen molar-refractivity contribution in [3.05, 3.63) is 24.0 Å². The summed E-state index contributed by atoms with van der Waals surface area (Å²) >= 11 is 0. The van der Waals surface area contributed by atoms with Crippen LogP contribution in [0.1, 0.15) is 55.3 Å². The second-order valence-corrected chi connectivity index (χ2v) is 5.75. The van der Waals surface area contributed by atoms with Gasteiger partial charge >= 0.3 is 5.97 Å². The predicted octanol–water partition coefficient (Wildman–Crippen LogP) is 3.27. The molecule has 0 amide bonds. The molecule has 3 rings (SSSR count). The highest BCUT2D eigenvalue weighted by atomic mass is 16.5. The molecule has 0 radical (unpaired) electrons. The Morgan fingerprint density at radius 3 is 2.74 bits per heavy atom. The Hall–Kier alpha value is -1.58. The van der Waals surface area contributed by atoms with Crippen LogP contribution in [0.25, 0.3) is 0 Å². The number of carboxylic acid groups (broad SMARTS) is 1. The minimum absolute atomic E-state index is 0.176. The Kier molecular flexibility index (Phi) is 3.17. The summed E-state index contributed by atoms with van der Waals surface area (Å²) in [4.78, 5) is 15.2. The van der Waals surface area contributed by atoms with Crippen molar-refractivity contribution in [3.63, 3.8) is 0 Å². The first-order chi connectivity index (χ1) is 9.21. The molecule has 1 N–H and O–H groups in total. The average molecular weight is 261 g/mol. The van der Waals surface area contributed by atoms with Crippen LogP contribution < -0.4 is 4.74 Å². The normalized spacial score (nSPS) is 24.7. The van der Waals surface area contributed by atoms with Gasteiger partial charge in [-0.15, -0.1) is 0 Å². The van der Waals surface area contributed by atoms with E-state index in [0.29, 0.717) is 11.2 Å². The van der Waals surface area contributed by atoms with Crippen molar-refractivity contribution in [1.29, 1.82) is 0 Å². The molecular formula is C15H19NO3. The minimum Gasteiger partial charge on any atom is -0.487 e. The first-order valence-corrected chi connectivity index (χ1v) is 7.05. The number of aromatic nitrogens is 1. The molecule has 0 aliphatic heterocycles. The van der Waals surface area contributed by atoms with Crippen LogP contribution in [-0.2, 0) is 0 Å². The molecule has 1 aromatic heterocycles. The van der Waals surface area contributed by atoms with E-state index in [-0.39, 0.29) is 11.7 Å². The van der Waals surface area contributed by atoms with E-state index in [1.54, 1.807) is 0 Å². The van der Waals surface area contributed by atoms with Crippen molar-refractivity contribution in [3.8, 4) is 5.75 Å². The van der Waals surface area contributed by atoms with Gasteiger partial charge in [0, 0.05) is 11.6 Å². The number of hydrogen-bond donors (Lipinski definition) is 1. The fourth-order valence-electron chi connectivity index (χ4n) is 3.49. The molecule has 2 fully saturated rings. The molecular weight excluding hydrogens is 242 g/mol. The summed E-state index contributed by atoms with van der Waals surface area (Å²) in [5, 5.41) is 9.16. The SMILES string of the molecule is O=C(O)c1ccncc1OC1CCC12CCCCC2. The summed E-state index contributed by atoms with van der Waals surface area (Å²) < 4.78 is 5.99. The summed E-state index contributed by atoms with van der Waals surface area (Å²) in [6, 6.07) is 1.50. The van der Waals surface area contributed by atoms with E-state index in [1.807, 2.05) is 0 Å². The Morgan fingerprint density at radius 2 is 2.11 bits per heavy atom. The van der Waals surface area contributed by atoms with Crippen LogP contribution in [-0.4, -0.2) is 22.2 Å². The zero-order chi connectivity index (χ0) is 13.3. The zero-order valence-corrected chi connectivity index (χ0v) is 11.0. The summed E-state index contributed by atoms with van der Waals surface area (Å²) in [5.74, 6) is -0.529. The zero-order valence-electron chi connectivity index (χ0n) is 11.0. The minimum atomic E-state index is -0.950. The van der Waals surface area contributed by atoms with Crippen molar-refractivity contribution in [2.75, 3.05) is 0 Å². The quantitative estimate of drug-likeness (QED) is 0.907. The summed E-state index contributed by atoms with van der Waals surface area (Å²) in [6.45, 7) is 0. The molecule has 2 saturated carbocycles. The number of nitrogens with zero attached hydrogens (tertiary/aromatic N) is 1. The molecule has 1 aromatic rings. The van der Waals surface area contributed by atoms with Crippen molar-refractivity contribution in [2.45, 2.75) is 51.0 Å². The number of pyridine rings is 1. The smallest absolute Gasteiger partial charge is 0.339 e. The van der Waals surface area contributed by atoms with Crippen LogP contribution in [0.4, 0.5) is 0 Å². The van der Waals surface area contributed by atoms with Crippen LogP contribution in [0, 0.1) is 5.41 Å². The first kappa shape index (κ1) is 12.5. The van der Waals surface area contributed by atoms with Crippen LogP contribution in [0.5, 0.6) is 5.75 Å². The number of carbonyl (C=O) groups is 1. The van der Waals surface area contributed by atoms with Crippen LogP contribution in [0.15, 0.2) is 18.5 Å². The molecule has 0 bridgehead atoms. The fraction of sp³-hybridized carbons (Fsp3) is 0.600. The maximum atomic E-state index is 11.2. The largest absolute Gasteiger partial charge is 0.487 e. The van der Waals surface area contributed by atoms with Crippen LogP contribution in [0.2, 0.25) is 0 Å². The van der Waals surface area contributed by atoms with Gasteiger partial charge in [0.15, 0.2) is 5.75 Å². The lowest BCUT2D eigenvalue weighted by atomic mass is 9.58. The molecule has 1 atom stereocenters. The molecule has 1 unspecified atom stereocenters. The molecule has 19 heavy (non-hydrogen) atoms. The summed E-state index contributed by atoms with van der Waals surface area (Å²) in [6.07, 6.45) is 11.8. The molecule has 1 spiro atoms. The Balaban J connectivity index is 1.77. The predicted molar refractivity (Wildman–Crippen MR) is 70.4 cm³/mol. The van der Waals surface area contributed by atoms with Gasteiger partial charge in [0.05, 0.1) is 6.20 Å². The Morgan fingerprint density at radius 1 is 1.32 bits per heavy atom. The molecule has 0 saturated heterocycles. The molecule has 1 heterocycles. The van der Waals surface area contributed by atoms with Gasteiger partial charge in [0.2, 0.25) is 0 Å². The molecule has 2 aliphatic carbocycles. The number of hydrogen-bond acceptors (Lipinski definition) is 3. The van der Waals surface area contributed by atoms with Crippen molar-refractivity contribution < 1.29 is 14.6 Å². The van der Waals surface area contributed by atoms with E-state index in [9.17, 15) is 4.79 Å². The van der Waals surface area contributed by atoms with Gasteiger partial charge in [-0.05, 0) is 31.7 Å². The number of aromatic carboxylic acids is 1. The summed E-state index contributed by atoms with van der Waals surface area (Å²) in [7, 11) is 0. The second kappa shape index (κ2) is 4.83. The lowest BCUT2D eigenvalue weighted by Crippen LogP contribution is -2.49. The molecule has 2 aliphatic rings. The van der Waals surface area contributed by atoms with Crippen LogP contribution >= 0.6 is 0 Å². The highest BCUT2D eigenvalue weighted by Crippen LogP contribution is 2.53.